The highest BCUT2D eigenvalue weighted by atomic mass is 16.3. The van der Waals surface area contributed by atoms with Crippen LogP contribution in [0.15, 0.2) is 12.2 Å². The lowest BCUT2D eigenvalue weighted by molar-refractivity contribution is -0.128. The van der Waals surface area contributed by atoms with Crippen LogP contribution in [0.2, 0.25) is 0 Å². The molecule has 10 atom stereocenters. The topological polar surface area (TPSA) is 20.2 Å². The molecule has 0 aromatic heterocycles. The molecule has 0 aromatic carbocycles. The molecule has 1 heteroatoms. The lowest BCUT2D eigenvalue weighted by Gasteiger charge is -2.61. The Morgan fingerprint density at radius 3 is 2.27 bits per heavy atom. The number of hydrogen-bond acceptors (Lipinski definition) is 1. The summed E-state index contributed by atoms with van der Waals surface area (Å²) in [6.45, 7) is 14.9. The summed E-state index contributed by atoms with van der Waals surface area (Å²) in [6.07, 6.45) is 18.5. The van der Waals surface area contributed by atoms with Crippen molar-refractivity contribution in [3.05, 3.63) is 12.2 Å². The van der Waals surface area contributed by atoms with Gasteiger partial charge in [0.05, 0.1) is 6.10 Å². The summed E-state index contributed by atoms with van der Waals surface area (Å²) in [4.78, 5) is 0. The van der Waals surface area contributed by atoms with E-state index in [-0.39, 0.29) is 6.10 Å². The second kappa shape index (κ2) is 8.57. The van der Waals surface area contributed by atoms with Crippen molar-refractivity contribution in [1.82, 2.24) is 0 Å². The summed E-state index contributed by atoms with van der Waals surface area (Å²) in [5.41, 5.74) is 1.07. The van der Waals surface area contributed by atoms with Crippen molar-refractivity contribution in [3.8, 4) is 0 Å². The Kier molecular flexibility index (Phi) is 6.53. The van der Waals surface area contributed by atoms with E-state index in [0.29, 0.717) is 10.8 Å². The smallest absolute Gasteiger partial charge is 0.0543 e. The molecule has 0 amide bonds. The molecule has 1 N–H and O–H groups in total. The van der Waals surface area contributed by atoms with Gasteiger partial charge in [-0.05, 0) is 122 Å². The second-order valence-corrected chi connectivity index (χ2v) is 12.9. The highest BCUT2D eigenvalue weighted by Crippen LogP contribution is 2.68. The summed E-state index contributed by atoms with van der Waals surface area (Å²) in [6, 6.07) is 0. The summed E-state index contributed by atoms with van der Waals surface area (Å²) < 4.78 is 0. The zero-order valence-corrected chi connectivity index (χ0v) is 20.9. The summed E-state index contributed by atoms with van der Waals surface area (Å²) in [5.74, 6) is 6.72. The van der Waals surface area contributed by atoms with Crippen molar-refractivity contribution in [2.24, 2.45) is 58.2 Å². The molecule has 0 spiro atoms. The monoisotopic (exact) mass is 414 g/mol. The molecule has 0 unspecified atom stereocenters. The van der Waals surface area contributed by atoms with E-state index in [1.54, 1.807) is 0 Å². The summed E-state index contributed by atoms with van der Waals surface area (Å²) in [7, 11) is 0. The van der Waals surface area contributed by atoms with Gasteiger partial charge in [0.25, 0.3) is 0 Å². The zero-order chi connectivity index (χ0) is 21.7. The van der Waals surface area contributed by atoms with Crippen LogP contribution < -0.4 is 0 Å². The normalized spacial score (nSPS) is 48.3. The van der Waals surface area contributed by atoms with E-state index >= 15 is 0 Å². The minimum atomic E-state index is -0.0187. The Morgan fingerprint density at radius 1 is 0.867 bits per heavy atom. The molecule has 0 bridgehead atoms. The number of rotatable bonds is 5. The van der Waals surface area contributed by atoms with Crippen molar-refractivity contribution in [2.45, 2.75) is 112 Å². The predicted octanol–water partition coefficient (Wildman–Crippen LogP) is 7.88. The second-order valence-electron chi connectivity index (χ2n) is 12.9. The maximum Gasteiger partial charge on any atom is 0.0543 e. The number of allylic oxidation sites excluding steroid dienone is 2. The molecule has 0 heterocycles. The van der Waals surface area contributed by atoms with Crippen LogP contribution in [0.5, 0.6) is 0 Å². The van der Waals surface area contributed by atoms with E-state index < -0.39 is 0 Å². The lowest BCUT2D eigenvalue weighted by atomic mass is 9.44. The van der Waals surface area contributed by atoms with Gasteiger partial charge in [-0.15, -0.1) is 0 Å². The first-order chi connectivity index (χ1) is 14.2. The average Bonchev–Trinajstić information content (AvgIpc) is 3.06. The van der Waals surface area contributed by atoms with E-state index in [0.717, 1.165) is 60.2 Å². The van der Waals surface area contributed by atoms with Crippen LogP contribution in [0.25, 0.3) is 0 Å². The molecule has 4 aliphatic rings. The third kappa shape index (κ3) is 3.74. The highest BCUT2D eigenvalue weighted by molar-refractivity contribution is 5.11. The third-order valence-electron chi connectivity index (χ3n) is 11.3. The van der Waals surface area contributed by atoms with Gasteiger partial charge in [0.15, 0.2) is 0 Å². The Balaban J connectivity index is 1.49. The van der Waals surface area contributed by atoms with E-state index in [9.17, 15) is 5.11 Å². The minimum Gasteiger partial charge on any atom is -0.393 e. The molecule has 172 valence electrons. The van der Waals surface area contributed by atoms with Gasteiger partial charge in [0.1, 0.15) is 0 Å². The summed E-state index contributed by atoms with van der Waals surface area (Å²) >= 11 is 0. The van der Waals surface area contributed by atoms with Crippen LogP contribution in [-0.2, 0) is 0 Å². The Morgan fingerprint density at radius 2 is 1.57 bits per heavy atom. The van der Waals surface area contributed by atoms with Crippen LogP contribution in [-0.4, -0.2) is 11.2 Å². The van der Waals surface area contributed by atoms with Crippen LogP contribution >= 0.6 is 0 Å². The standard InChI is InChI=1S/C29H50O/c1-7-21(19(2)3)9-8-20(4)25-12-13-26-24-11-10-22-18-23(30)14-16-28(22,5)27(24)15-17-29(25,26)6/h8-9,19-27,30H,7,10-18H2,1-6H3/b9-8+/t20-,21-,22-,23+,24+,25-,26+,27+,28+,29-/m1/s1. The molecule has 4 fully saturated rings. The van der Waals surface area contributed by atoms with Crippen LogP contribution in [0.4, 0.5) is 0 Å². The average molecular weight is 415 g/mol. The van der Waals surface area contributed by atoms with Gasteiger partial charge < -0.3 is 5.11 Å². The molecule has 30 heavy (non-hydrogen) atoms. The van der Waals surface area contributed by atoms with Gasteiger partial charge >= 0.3 is 0 Å². The highest BCUT2D eigenvalue weighted by Gasteiger charge is 2.60. The molecule has 0 saturated heterocycles. The van der Waals surface area contributed by atoms with Gasteiger partial charge in [-0.25, -0.2) is 0 Å². The van der Waals surface area contributed by atoms with Gasteiger partial charge in [-0.1, -0.05) is 53.7 Å². The predicted molar refractivity (Wildman–Crippen MR) is 128 cm³/mol. The van der Waals surface area contributed by atoms with Crippen LogP contribution in [0.3, 0.4) is 0 Å². The fourth-order valence-corrected chi connectivity index (χ4v) is 9.42. The maximum atomic E-state index is 10.3. The van der Waals surface area contributed by atoms with Crippen molar-refractivity contribution < 1.29 is 5.11 Å². The quantitative estimate of drug-likeness (QED) is 0.454. The van der Waals surface area contributed by atoms with Crippen LogP contribution in [0.1, 0.15) is 106 Å². The number of aliphatic hydroxyl groups is 1. The van der Waals surface area contributed by atoms with Crippen molar-refractivity contribution in [3.63, 3.8) is 0 Å². The number of hydrogen-bond donors (Lipinski definition) is 1. The number of fused-ring (bicyclic) bond motifs is 5. The first-order valence-corrected chi connectivity index (χ1v) is 13.6. The van der Waals surface area contributed by atoms with E-state index in [4.69, 9.17) is 0 Å². The molecule has 0 aromatic rings. The molecule has 1 nitrogen and oxygen atoms in total. The molecule has 0 aliphatic heterocycles. The minimum absolute atomic E-state index is 0.0187. The largest absolute Gasteiger partial charge is 0.393 e. The molecule has 4 saturated carbocycles. The molecule has 0 radical (unpaired) electrons. The fraction of sp³-hybridized carbons (Fsp3) is 0.931. The maximum absolute atomic E-state index is 10.3. The lowest BCUT2D eigenvalue weighted by Crippen LogP contribution is -2.54. The van der Waals surface area contributed by atoms with E-state index in [1.807, 2.05) is 0 Å². The fourth-order valence-electron chi connectivity index (χ4n) is 9.42. The van der Waals surface area contributed by atoms with E-state index in [1.165, 1.54) is 51.4 Å². The number of aliphatic hydroxyl groups excluding tert-OH is 1. The third-order valence-corrected chi connectivity index (χ3v) is 11.3. The Hall–Kier alpha value is -0.300. The summed E-state index contributed by atoms with van der Waals surface area (Å²) in [5, 5.41) is 10.3. The van der Waals surface area contributed by atoms with Gasteiger partial charge in [0, 0.05) is 0 Å². The van der Waals surface area contributed by atoms with Crippen molar-refractivity contribution in [1.29, 1.82) is 0 Å². The Labute approximate surface area is 187 Å². The molecular formula is C29H50O. The van der Waals surface area contributed by atoms with E-state index in [2.05, 4.69) is 53.7 Å². The Bertz CT molecular complexity index is 622. The van der Waals surface area contributed by atoms with Gasteiger partial charge in [-0.2, -0.15) is 0 Å². The first kappa shape index (κ1) is 22.9. The zero-order valence-electron chi connectivity index (χ0n) is 20.9. The van der Waals surface area contributed by atoms with Crippen molar-refractivity contribution in [2.75, 3.05) is 0 Å². The van der Waals surface area contributed by atoms with Gasteiger partial charge in [0.2, 0.25) is 0 Å². The van der Waals surface area contributed by atoms with Gasteiger partial charge in [-0.3, -0.25) is 0 Å². The van der Waals surface area contributed by atoms with Crippen LogP contribution in [0, 0.1) is 58.2 Å². The first-order valence-electron chi connectivity index (χ1n) is 13.6. The SMILES string of the molecule is CC[C@H](/C=C/[C@@H](C)[C@H]1CC[C@H]2[C@@H]3CC[C@@H]4C[C@@H](O)CC[C@]4(C)[C@H]3CC[C@]12C)C(C)C. The molecule has 4 aliphatic carbocycles. The van der Waals surface area contributed by atoms with Crippen molar-refractivity contribution >= 4 is 0 Å². The molecular weight excluding hydrogens is 364 g/mol. The molecule has 4 rings (SSSR count).